The first kappa shape index (κ1) is 22.0. The lowest BCUT2D eigenvalue weighted by molar-refractivity contribution is -0.124. The first-order valence-electron chi connectivity index (χ1n) is 8.51. The molecule has 0 aliphatic carbocycles. The van der Waals surface area contributed by atoms with Crippen LogP contribution in [0.2, 0.25) is 5.02 Å². The van der Waals surface area contributed by atoms with Crippen molar-refractivity contribution in [3.8, 4) is 5.75 Å². The highest BCUT2D eigenvalue weighted by Crippen LogP contribution is 2.28. The number of halogens is 1. The van der Waals surface area contributed by atoms with Crippen molar-refractivity contribution in [1.29, 1.82) is 0 Å². The Labute approximate surface area is 170 Å². The summed E-state index contributed by atoms with van der Waals surface area (Å²) in [5, 5.41) is 2.79. The van der Waals surface area contributed by atoms with Crippen LogP contribution in [0.3, 0.4) is 0 Å². The summed E-state index contributed by atoms with van der Waals surface area (Å²) >= 11 is 6.13. The summed E-state index contributed by atoms with van der Waals surface area (Å²) in [6.45, 7) is 3.85. The van der Waals surface area contributed by atoms with E-state index in [1.54, 1.807) is 38.3 Å². The fourth-order valence-electron chi connectivity index (χ4n) is 2.35. The monoisotopic (exact) mass is 426 g/mol. The molecule has 0 saturated heterocycles. The van der Waals surface area contributed by atoms with E-state index in [0.717, 1.165) is 5.56 Å². The van der Waals surface area contributed by atoms with Crippen molar-refractivity contribution >= 4 is 33.2 Å². The van der Waals surface area contributed by atoms with E-state index in [1.165, 1.54) is 18.2 Å². The van der Waals surface area contributed by atoms with Gasteiger partial charge in [-0.3, -0.25) is 9.52 Å². The van der Waals surface area contributed by atoms with E-state index in [9.17, 15) is 13.2 Å². The van der Waals surface area contributed by atoms with Crippen molar-refractivity contribution in [1.82, 2.24) is 5.32 Å². The number of nitrogens with one attached hydrogen (secondary N) is 2. The van der Waals surface area contributed by atoms with E-state index in [4.69, 9.17) is 21.1 Å². The van der Waals surface area contributed by atoms with Gasteiger partial charge in [0.2, 0.25) is 0 Å². The number of sulfonamides is 1. The Balaban J connectivity index is 2.02. The number of hydrogen-bond acceptors (Lipinski definition) is 5. The van der Waals surface area contributed by atoms with Gasteiger partial charge in [-0.1, -0.05) is 29.3 Å². The normalized spacial score (nSPS) is 12.3. The molecule has 0 aliphatic rings. The summed E-state index contributed by atoms with van der Waals surface area (Å²) in [6, 6.07) is 10.9. The molecule has 0 bridgehead atoms. The third-order valence-electron chi connectivity index (χ3n) is 3.70. The van der Waals surface area contributed by atoms with Crippen LogP contribution in [0.15, 0.2) is 47.4 Å². The second-order valence-corrected chi connectivity index (χ2v) is 8.37. The highest BCUT2D eigenvalue weighted by molar-refractivity contribution is 7.92. The van der Waals surface area contributed by atoms with Gasteiger partial charge in [-0.05, 0) is 44.2 Å². The van der Waals surface area contributed by atoms with E-state index in [1.807, 2.05) is 6.92 Å². The van der Waals surface area contributed by atoms with Gasteiger partial charge in [0.05, 0.1) is 16.5 Å². The van der Waals surface area contributed by atoms with Crippen LogP contribution in [-0.2, 0) is 19.6 Å². The van der Waals surface area contributed by atoms with Gasteiger partial charge >= 0.3 is 0 Å². The van der Waals surface area contributed by atoms with Crippen LogP contribution >= 0.6 is 11.6 Å². The summed E-state index contributed by atoms with van der Waals surface area (Å²) in [4.78, 5) is 11.8. The number of ether oxygens (including phenoxy) is 2. The topological polar surface area (TPSA) is 93.7 Å². The lowest BCUT2D eigenvalue weighted by Crippen LogP contribution is -2.38. The van der Waals surface area contributed by atoms with Crippen LogP contribution in [-0.4, -0.2) is 40.7 Å². The van der Waals surface area contributed by atoms with Gasteiger partial charge in [0, 0.05) is 18.8 Å². The molecule has 1 atom stereocenters. The molecule has 0 spiro atoms. The van der Waals surface area contributed by atoms with E-state index in [0.29, 0.717) is 12.3 Å². The summed E-state index contributed by atoms with van der Waals surface area (Å²) in [5.74, 6) is -0.121. The molecule has 2 aromatic carbocycles. The van der Waals surface area contributed by atoms with Gasteiger partial charge in [-0.2, -0.15) is 0 Å². The summed E-state index contributed by atoms with van der Waals surface area (Å²) < 4.78 is 37.8. The number of aryl methyl sites for hydroxylation is 1. The maximum Gasteiger partial charge on any atom is 0.261 e. The first-order chi connectivity index (χ1) is 13.2. The molecule has 9 heteroatoms. The first-order valence-corrected chi connectivity index (χ1v) is 10.4. The van der Waals surface area contributed by atoms with Crippen LogP contribution in [0.4, 0.5) is 5.69 Å². The minimum absolute atomic E-state index is 0.0106. The van der Waals surface area contributed by atoms with Gasteiger partial charge in [-0.15, -0.1) is 0 Å². The number of benzene rings is 2. The molecule has 0 aromatic heterocycles. The van der Waals surface area contributed by atoms with Crippen molar-refractivity contribution in [2.75, 3.05) is 25.0 Å². The maximum absolute atomic E-state index is 12.5. The van der Waals surface area contributed by atoms with E-state index < -0.39 is 10.0 Å². The Bertz CT molecular complexity index is 916. The van der Waals surface area contributed by atoms with Gasteiger partial charge in [-0.25, -0.2) is 8.42 Å². The summed E-state index contributed by atoms with van der Waals surface area (Å²) in [7, 11) is -2.26. The van der Waals surface area contributed by atoms with Crippen molar-refractivity contribution in [2.45, 2.75) is 24.8 Å². The SMILES string of the molecule is COC[C@@H](C)NC(=O)COc1ccc(S(=O)(=O)Nc2ccc(C)cc2)cc1Cl. The van der Waals surface area contributed by atoms with Gasteiger partial charge in [0.1, 0.15) is 5.75 Å². The minimum atomic E-state index is -3.80. The van der Waals surface area contributed by atoms with Crippen LogP contribution in [0, 0.1) is 6.92 Å². The third kappa shape index (κ3) is 6.40. The molecule has 0 aliphatic heterocycles. The smallest absolute Gasteiger partial charge is 0.261 e. The second kappa shape index (κ2) is 9.77. The molecule has 28 heavy (non-hydrogen) atoms. The molecule has 0 radical (unpaired) electrons. The molecule has 0 heterocycles. The molecule has 2 aromatic rings. The predicted molar refractivity (Wildman–Crippen MR) is 108 cm³/mol. The molecular weight excluding hydrogens is 404 g/mol. The lowest BCUT2D eigenvalue weighted by atomic mass is 10.2. The molecule has 0 saturated carbocycles. The number of methoxy groups -OCH3 is 1. The molecule has 1 amide bonds. The van der Waals surface area contributed by atoms with Crippen LogP contribution in [0.1, 0.15) is 12.5 Å². The molecule has 7 nitrogen and oxygen atoms in total. The van der Waals surface area contributed by atoms with E-state index in [2.05, 4.69) is 10.0 Å². The van der Waals surface area contributed by atoms with Crippen molar-refractivity contribution in [3.05, 3.63) is 53.1 Å². The number of carbonyl (C=O) groups is 1. The zero-order chi connectivity index (χ0) is 20.7. The molecule has 0 unspecified atom stereocenters. The number of anilines is 1. The second-order valence-electron chi connectivity index (χ2n) is 6.28. The number of hydrogen-bond donors (Lipinski definition) is 2. The standard InChI is InChI=1S/C19H23ClN2O5S/c1-13-4-6-15(7-5-13)22-28(24,25)16-8-9-18(17(20)10-16)27-12-19(23)21-14(2)11-26-3/h4-10,14,22H,11-12H2,1-3H3,(H,21,23)/t14-/m1/s1. The number of rotatable bonds is 9. The Hall–Kier alpha value is -2.29. The maximum atomic E-state index is 12.5. The van der Waals surface area contributed by atoms with Crippen molar-refractivity contribution in [2.24, 2.45) is 0 Å². The largest absolute Gasteiger partial charge is 0.482 e. The zero-order valence-electron chi connectivity index (χ0n) is 15.9. The van der Waals surface area contributed by atoms with E-state index >= 15 is 0 Å². The summed E-state index contributed by atoms with van der Waals surface area (Å²) in [5.41, 5.74) is 1.47. The van der Waals surface area contributed by atoms with Crippen molar-refractivity contribution < 1.29 is 22.7 Å². The quantitative estimate of drug-likeness (QED) is 0.642. The predicted octanol–water partition coefficient (Wildman–Crippen LogP) is 2.98. The van der Waals surface area contributed by atoms with Gasteiger partial charge < -0.3 is 14.8 Å². The van der Waals surface area contributed by atoms with Gasteiger partial charge in [0.25, 0.3) is 15.9 Å². The van der Waals surface area contributed by atoms with Crippen LogP contribution < -0.4 is 14.8 Å². The molecule has 2 N–H and O–H groups in total. The van der Waals surface area contributed by atoms with Crippen LogP contribution in [0.25, 0.3) is 0 Å². The third-order valence-corrected chi connectivity index (χ3v) is 5.37. The Morgan fingerprint density at radius 2 is 1.86 bits per heavy atom. The molecule has 0 fully saturated rings. The Morgan fingerprint density at radius 1 is 1.18 bits per heavy atom. The lowest BCUT2D eigenvalue weighted by Gasteiger charge is -2.14. The number of carbonyl (C=O) groups excluding carboxylic acids is 1. The highest BCUT2D eigenvalue weighted by atomic mass is 35.5. The minimum Gasteiger partial charge on any atom is -0.482 e. The van der Waals surface area contributed by atoms with E-state index in [-0.39, 0.29) is 34.2 Å². The van der Waals surface area contributed by atoms with Gasteiger partial charge in [0.15, 0.2) is 6.61 Å². The molecule has 2 rings (SSSR count). The average molecular weight is 427 g/mol. The number of amides is 1. The highest BCUT2D eigenvalue weighted by Gasteiger charge is 2.17. The average Bonchev–Trinajstić information content (AvgIpc) is 2.62. The fourth-order valence-corrected chi connectivity index (χ4v) is 3.74. The Kier molecular flexibility index (Phi) is 7.68. The molecule has 152 valence electrons. The zero-order valence-corrected chi connectivity index (χ0v) is 17.4. The van der Waals surface area contributed by atoms with Crippen molar-refractivity contribution in [3.63, 3.8) is 0 Å². The van der Waals surface area contributed by atoms with Crippen LogP contribution in [0.5, 0.6) is 5.75 Å². The fraction of sp³-hybridized carbons (Fsp3) is 0.316. The molecular formula is C19H23ClN2O5S. The summed E-state index contributed by atoms with van der Waals surface area (Å²) in [6.07, 6.45) is 0. The Morgan fingerprint density at radius 3 is 2.46 bits per heavy atom.